The molecular weight excluding hydrogens is 314 g/mol. The zero-order valence-corrected chi connectivity index (χ0v) is 13.2. The maximum atomic E-state index is 10.0. The molecule has 2 aromatic rings. The van der Waals surface area contributed by atoms with Gasteiger partial charge in [0.25, 0.3) is 0 Å². The van der Waals surface area contributed by atoms with Crippen LogP contribution in [-0.4, -0.2) is 34.3 Å². The summed E-state index contributed by atoms with van der Waals surface area (Å²) in [7, 11) is 0. The Balaban J connectivity index is 2.11. The topological polar surface area (TPSA) is 89.4 Å². The van der Waals surface area contributed by atoms with Crippen LogP contribution < -0.4 is 10.6 Å². The van der Waals surface area contributed by atoms with Crippen molar-refractivity contribution in [2.75, 3.05) is 30.4 Å². The molecule has 118 valence electrons. The largest absolute Gasteiger partial charge is 0.507 e. The number of aromatic nitrogens is 1. The van der Waals surface area contributed by atoms with Crippen LogP contribution in [0.3, 0.4) is 0 Å². The minimum atomic E-state index is 0.118. The third-order valence-corrected chi connectivity index (χ3v) is 4.09. The van der Waals surface area contributed by atoms with Crippen molar-refractivity contribution in [2.24, 2.45) is 0 Å². The SMILES string of the molecule is N#Cc1c(N2CCCN(Cl)C2)cc(-c2ccccc2O)nc1N. The third-order valence-electron chi connectivity index (χ3n) is 3.81. The van der Waals surface area contributed by atoms with Gasteiger partial charge in [-0.3, -0.25) is 0 Å². The standard InChI is InChI=1S/C16H16ClN5O/c17-22-7-3-6-21(10-22)14-8-13(20-16(19)12(14)9-18)11-4-1-2-5-15(11)23/h1-2,4-5,8,23H,3,6-7,10H2,(H2,19,20). The molecule has 1 saturated heterocycles. The number of nitriles is 1. The van der Waals surface area contributed by atoms with Gasteiger partial charge in [-0.25, -0.2) is 9.40 Å². The van der Waals surface area contributed by atoms with E-state index in [2.05, 4.69) is 11.1 Å². The van der Waals surface area contributed by atoms with E-state index in [1.54, 1.807) is 28.7 Å². The Labute approximate surface area is 139 Å². The average Bonchev–Trinajstić information content (AvgIpc) is 2.54. The quantitative estimate of drug-likeness (QED) is 0.823. The van der Waals surface area contributed by atoms with E-state index in [0.717, 1.165) is 19.5 Å². The number of phenols is 1. The van der Waals surface area contributed by atoms with Crippen LogP contribution in [0.15, 0.2) is 30.3 Å². The van der Waals surface area contributed by atoms with Gasteiger partial charge in [-0.05, 0) is 36.4 Å². The van der Waals surface area contributed by atoms with E-state index in [4.69, 9.17) is 17.5 Å². The number of hydrogen-bond donors (Lipinski definition) is 2. The summed E-state index contributed by atoms with van der Waals surface area (Å²) < 4.78 is 1.67. The number of pyridine rings is 1. The van der Waals surface area contributed by atoms with Crippen molar-refractivity contribution in [1.82, 2.24) is 9.40 Å². The Morgan fingerprint density at radius 3 is 2.78 bits per heavy atom. The highest BCUT2D eigenvalue weighted by atomic mass is 35.5. The first-order chi connectivity index (χ1) is 11.1. The predicted octanol–water partition coefficient (Wildman–Crippen LogP) is 2.53. The zero-order chi connectivity index (χ0) is 16.4. The smallest absolute Gasteiger partial charge is 0.144 e. The van der Waals surface area contributed by atoms with Gasteiger partial charge < -0.3 is 15.7 Å². The fourth-order valence-electron chi connectivity index (χ4n) is 2.70. The summed E-state index contributed by atoms with van der Waals surface area (Å²) >= 11 is 6.10. The molecule has 1 aromatic heterocycles. The number of halogens is 1. The maximum Gasteiger partial charge on any atom is 0.144 e. The van der Waals surface area contributed by atoms with Gasteiger partial charge in [0.1, 0.15) is 23.2 Å². The molecule has 0 unspecified atom stereocenters. The average molecular weight is 330 g/mol. The van der Waals surface area contributed by atoms with Crippen LogP contribution in [0.5, 0.6) is 5.75 Å². The molecule has 3 N–H and O–H groups in total. The molecule has 1 aliphatic rings. The first kappa shape index (κ1) is 15.4. The van der Waals surface area contributed by atoms with Crippen molar-refractivity contribution in [3.63, 3.8) is 0 Å². The van der Waals surface area contributed by atoms with Gasteiger partial charge in [-0.2, -0.15) is 5.26 Å². The lowest BCUT2D eigenvalue weighted by atomic mass is 10.1. The molecule has 3 rings (SSSR count). The van der Waals surface area contributed by atoms with E-state index in [-0.39, 0.29) is 11.6 Å². The summed E-state index contributed by atoms with van der Waals surface area (Å²) in [6, 6.07) is 10.8. The normalized spacial score (nSPS) is 15.4. The number of benzene rings is 1. The van der Waals surface area contributed by atoms with Crippen LogP contribution in [0.1, 0.15) is 12.0 Å². The van der Waals surface area contributed by atoms with Crippen LogP contribution in [0, 0.1) is 11.3 Å². The number of nitrogens with zero attached hydrogens (tertiary/aromatic N) is 4. The fourth-order valence-corrected chi connectivity index (χ4v) is 2.95. The Kier molecular flexibility index (Phi) is 4.24. The minimum Gasteiger partial charge on any atom is -0.507 e. The van der Waals surface area contributed by atoms with E-state index in [1.807, 2.05) is 11.0 Å². The second kappa shape index (κ2) is 6.32. The van der Waals surface area contributed by atoms with Crippen LogP contribution in [-0.2, 0) is 0 Å². The van der Waals surface area contributed by atoms with Crippen LogP contribution >= 0.6 is 11.8 Å². The second-order valence-electron chi connectivity index (χ2n) is 5.36. The first-order valence-corrected chi connectivity index (χ1v) is 7.58. The molecule has 0 atom stereocenters. The highest BCUT2D eigenvalue weighted by Gasteiger charge is 2.22. The number of nitrogen functional groups attached to an aromatic ring is 1. The fraction of sp³-hybridized carbons (Fsp3) is 0.250. The summed E-state index contributed by atoms with van der Waals surface area (Å²) in [6.07, 6.45) is 0.891. The molecule has 0 aliphatic carbocycles. The van der Waals surface area contributed by atoms with Crippen molar-refractivity contribution in [2.45, 2.75) is 6.42 Å². The Bertz CT molecular complexity index is 774. The van der Waals surface area contributed by atoms with Crippen molar-refractivity contribution >= 4 is 23.3 Å². The molecule has 0 saturated carbocycles. The zero-order valence-electron chi connectivity index (χ0n) is 12.4. The third kappa shape index (κ3) is 3.02. The van der Waals surface area contributed by atoms with E-state index in [9.17, 15) is 10.4 Å². The summed E-state index contributed by atoms with van der Waals surface area (Å²) in [5.41, 5.74) is 8.09. The molecule has 1 aliphatic heterocycles. The summed E-state index contributed by atoms with van der Waals surface area (Å²) in [5, 5.41) is 19.5. The van der Waals surface area contributed by atoms with E-state index in [0.29, 0.717) is 29.2 Å². The minimum absolute atomic E-state index is 0.118. The van der Waals surface area contributed by atoms with Crippen molar-refractivity contribution in [3.8, 4) is 23.1 Å². The Hall–Kier alpha value is -2.49. The van der Waals surface area contributed by atoms with E-state index < -0.39 is 0 Å². The van der Waals surface area contributed by atoms with Crippen LogP contribution in [0.2, 0.25) is 0 Å². The molecule has 1 aromatic carbocycles. The highest BCUT2D eigenvalue weighted by Crippen LogP contribution is 2.34. The lowest BCUT2D eigenvalue weighted by Crippen LogP contribution is -2.40. The summed E-state index contributed by atoms with van der Waals surface area (Å²) in [4.78, 5) is 6.27. The molecule has 1 fully saturated rings. The molecule has 6 nitrogen and oxygen atoms in total. The number of anilines is 2. The van der Waals surface area contributed by atoms with Gasteiger partial charge in [0, 0.05) is 18.7 Å². The van der Waals surface area contributed by atoms with Gasteiger partial charge in [-0.1, -0.05) is 12.1 Å². The molecule has 2 heterocycles. The van der Waals surface area contributed by atoms with E-state index in [1.165, 1.54) is 0 Å². The number of nitrogens with two attached hydrogens (primary N) is 1. The molecular formula is C16H16ClN5O. The number of phenolic OH excluding ortho intramolecular Hbond substituents is 1. The Morgan fingerprint density at radius 1 is 1.30 bits per heavy atom. The van der Waals surface area contributed by atoms with Gasteiger partial charge in [0.15, 0.2) is 0 Å². The van der Waals surface area contributed by atoms with Gasteiger partial charge in [0.05, 0.1) is 18.1 Å². The number of rotatable bonds is 2. The Morgan fingerprint density at radius 2 is 2.09 bits per heavy atom. The van der Waals surface area contributed by atoms with E-state index >= 15 is 0 Å². The second-order valence-corrected chi connectivity index (χ2v) is 5.84. The van der Waals surface area contributed by atoms with Crippen molar-refractivity contribution < 1.29 is 5.11 Å². The van der Waals surface area contributed by atoms with Crippen LogP contribution in [0.25, 0.3) is 11.3 Å². The highest BCUT2D eigenvalue weighted by molar-refractivity contribution is 6.13. The molecule has 0 bridgehead atoms. The number of aromatic hydroxyl groups is 1. The molecule has 0 amide bonds. The van der Waals surface area contributed by atoms with Crippen molar-refractivity contribution in [3.05, 3.63) is 35.9 Å². The van der Waals surface area contributed by atoms with Gasteiger partial charge >= 0.3 is 0 Å². The first-order valence-electron chi connectivity index (χ1n) is 7.25. The summed E-state index contributed by atoms with van der Waals surface area (Å²) in [6.45, 7) is 2.08. The van der Waals surface area contributed by atoms with Crippen LogP contribution in [0.4, 0.5) is 11.5 Å². The lowest BCUT2D eigenvalue weighted by Gasteiger charge is -2.34. The summed E-state index contributed by atoms with van der Waals surface area (Å²) in [5.74, 6) is 0.266. The molecule has 0 spiro atoms. The molecule has 23 heavy (non-hydrogen) atoms. The number of hydrogen-bond acceptors (Lipinski definition) is 6. The molecule has 7 heteroatoms. The lowest BCUT2D eigenvalue weighted by molar-refractivity contribution is 0.389. The van der Waals surface area contributed by atoms with Gasteiger partial charge in [-0.15, -0.1) is 0 Å². The molecule has 0 radical (unpaired) electrons. The number of para-hydroxylation sites is 1. The predicted molar refractivity (Wildman–Crippen MR) is 89.9 cm³/mol. The monoisotopic (exact) mass is 329 g/mol. The van der Waals surface area contributed by atoms with Crippen molar-refractivity contribution in [1.29, 1.82) is 5.26 Å². The van der Waals surface area contributed by atoms with Gasteiger partial charge in [0.2, 0.25) is 0 Å². The maximum absolute atomic E-state index is 10.0.